The quantitative estimate of drug-likeness (QED) is 0.459. The van der Waals surface area contributed by atoms with Crippen molar-refractivity contribution in [2.75, 3.05) is 13.1 Å². The third-order valence-corrected chi connectivity index (χ3v) is 7.31. The van der Waals surface area contributed by atoms with Crippen molar-refractivity contribution < 1.29 is 27.2 Å². The number of furan rings is 1. The Balaban J connectivity index is 2.13. The number of amides is 3. The van der Waals surface area contributed by atoms with Crippen LogP contribution in [0.25, 0.3) is 0 Å². The van der Waals surface area contributed by atoms with E-state index in [0.717, 1.165) is 0 Å². The maximum absolute atomic E-state index is 12.9. The van der Waals surface area contributed by atoms with E-state index < -0.39 is 33.8 Å². The third-order valence-electron chi connectivity index (χ3n) is 5.26. The molecule has 0 unspecified atom stereocenters. The molecule has 10 nitrogen and oxygen atoms in total. The topological polar surface area (TPSA) is 138 Å². The minimum absolute atomic E-state index is 0.00700. The summed E-state index contributed by atoms with van der Waals surface area (Å²) in [5.74, 6) is -1.13. The predicted molar refractivity (Wildman–Crippen MR) is 126 cm³/mol. The molecular formula is C23H32N4O6S. The van der Waals surface area contributed by atoms with Crippen LogP contribution in [0.15, 0.2) is 39.6 Å². The van der Waals surface area contributed by atoms with E-state index in [1.165, 1.54) is 28.6 Å². The molecule has 0 saturated heterocycles. The number of hydrazine groups is 1. The first-order valence-corrected chi connectivity index (χ1v) is 12.4. The van der Waals surface area contributed by atoms with Gasteiger partial charge in [0.05, 0.1) is 10.5 Å². The van der Waals surface area contributed by atoms with Crippen molar-refractivity contribution in [1.29, 1.82) is 0 Å². The summed E-state index contributed by atoms with van der Waals surface area (Å²) in [5, 5.41) is 2.62. The number of aryl methyl sites for hydroxylation is 2. The van der Waals surface area contributed by atoms with Gasteiger partial charge in [-0.1, -0.05) is 33.8 Å². The van der Waals surface area contributed by atoms with Crippen LogP contribution in [0.5, 0.6) is 0 Å². The SMILES string of the molecule is CCN(CC)S(=O)(=O)c1cccc(C(=O)N[C@H](C(=O)NNC(=O)c2cc(C)oc2C)C(C)C)c1. The first-order valence-electron chi connectivity index (χ1n) is 11.0. The molecular weight excluding hydrogens is 460 g/mol. The Bertz CT molecular complexity index is 1150. The van der Waals surface area contributed by atoms with Gasteiger partial charge in [0.25, 0.3) is 17.7 Å². The van der Waals surface area contributed by atoms with Crippen LogP contribution >= 0.6 is 0 Å². The van der Waals surface area contributed by atoms with Crippen molar-refractivity contribution in [3.05, 3.63) is 53.0 Å². The summed E-state index contributed by atoms with van der Waals surface area (Å²) < 4.78 is 32.2. The highest BCUT2D eigenvalue weighted by atomic mass is 32.2. The second-order valence-electron chi connectivity index (χ2n) is 8.08. The molecule has 34 heavy (non-hydrogen) atoms. The molecule has 0 saturated carbocycles. The Kier molecular flexibility index (Phi) is 9.00. The number of rotatable bonds is 9. The molecule has 2 aromatic rings. The van der Waals surface area contributed by atoms with Gasteiger partial charge in [-0.05, 0) is 44.0 Å². The van der Waals surface area contributed by atoms with Crippen LogP contribution in [0.3, 0.4) is 0 Å². The second-order valence-corrected chi connectivity index (χ2v) is 10.0. The minimum Gasteiger partial charge on any atom is -0.466 e. The standard InChI is InChI=1S/C23H32N4O6S/c1-7-27(8-2)34(31,32)18-11-9-10-17(13-18)21(28)24-20(14(3)4)23(30)26-25-22(29)19-12-15(5)33-16(19)6/h9-14,20H,7-8H2,1-6H3,(H,24,28)(H,25,29)(H,26,30)/t20-/m0/s1. The Labute approximate surface area is 200 Å². The molecule has 0 fully saturated rings. The molecule has 1 heterocycles. The summed E-state index contributed by atoms with van der Waals surface area (Å²) in [4.78, 5) is 37.9. The first kappa shape index (κ1) is 27.1. The van der Waals surface area contributed by atoms with Gasteiger partial charge in [-0.3, -0.25) is 25.2 Å². The van der Waals surface area contributed by atoms with Gasteiger partial charge < -0.3 is 9.73 Å². The molecule has 186 valence electrons. The molecule has 3 amide bonds. The number of hydrogen-bond acceptors (Lipinski definition) is 6. The largest absolute Gasteiger partial charge is 0.466 e. The average molecular weight is 493 g/mol. The molecule has 0 aliphatic heterocycles. The third kappa shape index (κ3) is 6.23. The number of carbonyl (C=O) groups excluding carboxylic acids is 3. The predicted octanol–water partition coefficient (Wildman–Crippen LogP) is 2.14. The van der Waals surface area contributed by atoms with Gasteiger partial charge in [-0.2, -0.15) is 4.31 Å². The number of nitrogens with one attached hydrogen (secondary N) is 3. The highest BCUT2D eigenvalue weighted by Crippen LogP contribution is 2.17. The molecule has 1 aromatic heterocycles. The number of hydrogen-bond donors (Lipinski definition) is 3. The fraction of sp³-hybridized carbons (Fsp3) is 0.435. The van der Waals surface area contributed by atoms with E-state index in [4.69, 9.17) is 4.42 Å². The molecule has 2 rings (SSSR count). The van der Waals surface area contributed by atoms with Gasteiger partial charge in [0.1, 0.15) is 17.6 Å². The zero-order valence-corrected chi connectivity index (χ0v) is 21.1. The van der Waals surface area contributed by atoms with E-state index in [0.29, 0.717) is 24.6 Å². The Morgan fingerprint density at radius 3 is 2.18 bits per heavy atom. The number of carbonyl (C=O) groups is 3. The number of sulfonamides is 1. The van der Waals surface area contributed by atoms with Gasteiger partial charge in [0.15, 0.2) is 0 Å². The normalized spacial score (nSPS) is 12.5. The van der Waals surface area contributed by atoms with Crippen molar-refractivity contribution in [2.24, 2.45) is 5.92 Å². The van der Waals surface area contributed by atoms with Crippen LogP contribution in [0.1, 0.15) is 59.9 Å². The van der Waals surface area contributed by atoms with E-state index in [1.54, 1.807) is 47.6 Å². The highest BCUT2D eigenvalue weighted by molar-refractivity contribution is 7.89. The van der Waals surface area contributed by atoms with Gasteiger partial charge in [-0.25, -0.2) is 8.42 Å². The van der Waals surface area contributed by atoms with E-state index in [1.807, 2.05) is 0 Å². The molecule has 0 aliphatic carbocycles. The summed E-state index contributed by atoms with van der Waals surface area (Å²) in [5.41, 5.74) is 5.03. The summed E-state index contributed by atoms with van der Waals surface area (Å²) in [7, 11) is -3.75. The molecule has 11 heteroatoms. The zero-order valence-electron chi connectivity index (χ0n) is 20.3. The van der Waals surface area contributed by atoms with E-state index in [-0.39, 0.29) is 21.9 Å². The van der Waals surface area contributed by atoms with Crippen molar-refractivity contribution in [3.63, 3.8) is 0 Å². The van der Waals surface area contributed by atoms with Gasteiger partial charge in [0.2, 0.25) is 10.0 Å². The monoisotopic (exact) mass is 492 g/mol. The highest BCUT2D eigenvalue weighted by Gasteiger charge is 2.27. The Morgan fingerprint density at radius 1 is 1.00 bits per heavy atom. The lowest BCUT2D eigenvalue weighted by atomic mass is 10.0. The maximum Gasteiger partial charge on any atom is 0.273 e. The van der Waals surface area contributed by atoms with Gasteiger partial charge in [0, 0.05) is 18.7 Å². The number of nitrogens with zero attached hydrogens (tertiary/aromatic N) is 1. The Morgan fingerprint density at radius 2 is 1.65 bits per heavy atom. The Hall–Kier alpha value is -3.18. The summed E-state index contributed by atoms with van der Waals surface area (Å²) in [6, 6.07) is 6.22. The van der Waals surface area contributed by atoms with Crippen LogP contribution in [-0.2, 0) is 14.8 Å². The molecule has 0 radical (unpaired) electrons. The lowest BCUT2D eigenvalue weighted by molar-refractivity contribution is -0.124. The lowest BCUT2D eigenvalue weighted by Gasteiger charge is -2.22. The lowest BCUT2D eigenvalue weighted by Crippen LogP contribution is -2.54. The minimum atomic E-state index is -3.75. The van der Waals surface area contributed by atoms with Gasteiger partial charge >= 0.3 is 0 Å². The molecule has 0 bridgehead atoms. The summed E-state index contributed by atoms with van der Waals surface area (Å²) in [6.45, 7) is 10.9. The van der Waals surface area contributed by atoms with Crippen LogP contribution in [-0.4, -0.2) is 49.6 Å². The van der Waals surface area contributed by atoms with E-state index >= 15 is 0 Å². The summed E-state index contributed by atoms with van der Waals surface area (Å²) >= 11 is 0. The van der Waals surface area contributed by atoms with Gasteiger partial charge in [-0.15, -0.1) is 0 Å². The van der Waals surface area contributed by atoms with Crippen molar-refractivity contribution in [1.82, 2.24) is 20.5 Å². The van der Waals surface area contributed by atoms with E-state index in [2.05, 4.69) is 16.2 Å². The zero-order chi connectivity index (χ0) is 25.6. The number of benzene rings is 1. The van der Waals surface area contributed by atoms with Crippen LogP contribution in [0, 0.1) is 19.8 Å². The molecule has 1 atom stereocenters. The second kappa shape index (κ2) is 11.3. The summed E-state index contributed by atoms with van der Waals surface area (Å²) in [6.07, 6.45) is 0. The van der Waals surface area contributed by atoms with Crippen LogP contribution < -0.4 is 16.2 Å². The molecule has 0 spiro atoms. The average Bonchev–Trinajstić information content (AvgIpc) is 3.13. The van der Waals surface area contributed by atoms with Crippen LogP contribution in [0.4, 0.5) is 0 Å². The first-order chi connectivity index (χ1) is 15.9. The molecule has 0 aliphatic rings. The molecule has 3 N–H and O–H groups in total. The van der Waals surface area contributed by atoms with Crippen LogP contribution in [0.2, 0.25) is 0 Å². The fourth-order valence-electron chi connectivity index (χ4n) is 3.39. The van der Waals surface area contributed by atoms with Crippen molar-refractivity contribution in [3.8, 4) is 0 Å². The smallest absolute Gasteiger partial charge is 0.273 e. The molecule has 1 aromatic carbocycles. The maximum atomic E-state index is 12.9. The fourth-order valence-corrected chi connectivity index (χ4v) is 4.89. The van der Waals surface area contributed by atoms with Crippen molar-refractivity contribution in [2.45, 2.75) is 52.5 Å². The van der Waals surface area contributed by atoms with E-state index in [9.17, 15) is 22.8 Å². The van der Waals surface area contributed by atoms with Crippen molar-refractivity contribution >= 4 is 27.7 Å².